The molecule has 0 aromatic heterocycles. The lowest BCUT2D eigenvalue weighted by atomic mass is 10.4. The molecule has 0 rings (SSSR count). The van der Waals surface area contributed by atoms with E-state index in [1.807, 2.05) is 6.92 Å². The van der Waals surface area contributed by atoms with E-state index in [0.717, 1.165) is 6.42 Å². The molecule has 0 aromatic carbocycles. The summed E-state index contributed by atoms with van der Waals surface area (Å²) in [4.78, 5) is 0. The van der Waals surface area contributed by atoms with Gasteiger partial charge in [-0.15, -0.1) is 0 Å². The van der Waals surface area contributed by atoms with E-state index in [4.69, 9.17) is 28.6 Å². The Labute approximate surface area is 79.9 Å². The highest BCUT2D eigenvalue weighted by molar-refractivity contribution is 8.53. The van der Waals surface area contributed by atoms with Crippen molar-refractivity contribution in [2.75, 3.05) is 6.61 Å². The minimum absolute atomic E-state index is 0. The Bertz CT molecular complexity index is 143. The summed E-state index contributed by atoms with van der Waals surface area (Å²) >= 11 is 10.3. The van der Waals surface area contributed by atoms with E-state index in [2.05, 4.69) is 13.8 Å². The van der Waals surface area contributed by atoms with Gasteiger partial charge < -0.3 is 22.9 Å². The zero-order valence-electron chi connectivity index (χ0n) is 7.66. The molecular formula is C6H18NOPS2. The SMILES string of the molecule is CCOP(=S)([S-])C(C)CC.[NH4+]. The molecule has 11 heavy (non-hydrogen) atoms. The molecule has 0 amide bonds. The van der Waals surface area contributed by atoms with Crippen molar-refractivity contribution in [1.82, 2.24) is 6.15 Å². The minimum Gasteiger partial charge on any atom is -0.719 e. The normalized spacial score (nSPS) is 18.2. The third-order valence-electron chi connectivity index (χ3n) is 1.44. The molecule has 0 heterocycles. The highest BCUT2D eigenvalue weighted by atomic mass is 32.9. The van der Waals surface area contributed by atoms with E-state index in [0.29, 0.717) is 12.3 Å². The van der Waals surface area contributed by atoms with Crippen molar-refractivity contribution in [3.8, 4) is 0 Å². The maximum atomic E-state index is 5.32. The van der Waals surface area contributed by atoms with Gasteiger partial charge in [-0.25, -0.2) is 0 Å². The summed E-state index contributed by atoms with van der Waals surface area (Å²) in [6.45, 7) is 6.77. The van der Waals surface area contributed by atoms with Gasteiger partial charge in [-0.3, -0.25) is 0 Å². The average molecular weight is 215 g/mol. The first-order valence-electron chi connectivity index (χ1n) is 3.49. The monoisotopic (exact) mass is 215 g/mol. The third kappa shape index (κ3) is 5.21. The van der Waals surface area contributed by atoms with Gasteiger partial charge in [0.05, 0.1) is 0 Å². The Morgan fingerprint density at radius 3 is 2.27 bits per heavy atom. The predicted octanol–water partition coefficient (Wildman–Crippen LogP) is 3.05. The van der Waals surface area contributed by atoms with E-state index in [1.165, 1.54) is 0 Å². The van der Waals surface area contributed by atoms with Crippen LogP contribution in [0.15, 0.2) is 0 Å². The van der Waals surface area contributed by atoms with Crippen LogP contribution < -0.4 is 6.15 Å². The van der Waals surface area contributed by atoms with Crippen LogP contribution in [-0.4, -0.2) is 12.3 Å². The van der Waals surface area contributed by atoms with E-state index in [-0.39, 0.29) is 6.15 Å². The number of hydrogen-bond acceptors (Lipinski definition) is 3. The molecule has 4 N–H and O–H groups in total. The van der Waals surface area contributed by atoms with Crippen LogP contribution in [0.3, 0.4) is 0 Å². The first-order chi connectivity index (χ1) is 4.54. The molecule has 70 valence electrons. The zero-order valence-corrected chi connectivity index (χ0v) is 10.2. The Hall–Kier alpha value is 0.920. The zero-order chi connectivity index (χ0) is 8.20. The van der Waals surface area contributed by atoms with E-state index >= 15 is 0 Å². The summed E-state index contributed by atoms with van der Waals surface area (Å²) in [6.07, 6.45) is 1.03. The van der Waals surface area contributed by atoms with Crippen LogP contribution in [-0.2, 0) is 28.6 Å². The second-order valence-electron chi connectivity index (χ2n) is 2.21. The molecule has 0 bridgehead atoms. The molecular weight excluding hydrogens is 197 g/mol. The maximum Gasteiger partial charge on any atom is 0.0465 e. The van der Waals surface area contributed by atoms with Crippen molar-refractivity contribution in [1.29, 1.82) is 0 Å². The first kappa shape index (κ1) is 14.4. The second-order valence-corrected chi connectivity index (χ2v) is 8.38. The molecule has 0 spiro atoms. The Morgan fingerprint density at radius 1 is 1.55 bits per heavy atom. The van der Waals surface area contributed by atoms with Crippen molar-refractivity contribution in [3.63, 3.8) is 0 Å². The van der Waals surface area contributed by atoms with Gasteiger partial charge in [-0.2, -0.15) is 0 Å². The van der Waals surface area contributed by atoms with Crippen molar-refractivity contribution >= 4 is 29.5 Å². The third-order valence-corrected chi connectivity index (χ3v) is 6.29. The van der Waals surface area contributed by atoms with Crippen molar-refractivity contribution in [3.05, 3.63) is 0 Å². The predicted molar refractivity (Wildman–Crippen MR) is 59.0 cm³/mol. The molecule has 2 unspecified atom stereocenters. The molecule has 0 fully saturated rings. The van der Waals surface area contributed by atoms with Crippen molar-refractivity contribution in [2.45, 2.75) is 32.9 Å². The summed E-state index contributed by atoms with van der Waals surface area (Å²) in [5.74, 6) is 0. The van der Waals surface area contributed by atoms with Gasteiger partial charge >= 0.3 is 0 Å². The largest absolute Gasteiger partial charge is 0.719 e. The van der Waals surface area contributed by atoms with Gasteiger partial charge in [0.2, 0.25) is 0 Å². The van der Waals surface area contributed by atoms with Crippen molar-refractivity contribution in [2.24, 2.45) is 0 Å². The van der Waals surface area contributed by atoms with Gasteiger partial charge in [0.1, 0.15) is 0 Å². The summed E-state index contributed by atoms with van der Waals surface area (Å²) < 4.78 is 5.32. The van der Waals surface area contributed by atoms with Crippen molar-refractivity contribution < 1.29 is 4.52 Å². The molecule has 2 atom stereocenters. The van der Waals surface area contributed by atoms with Gasteiger partial charge in [-0.05, 0) is 19.0 Å². The summed E-state index contributed by atoms with van der Waals surface area (Å²) in [5.41, 5.74) is -1.48. The topological polar surface area (TPSA) is 45.7 Å². The lowest BCUT2D eigenvalue weighted by Gasteiger charge is -2.33. The molecule has 0 saturated carbocycles. The van der Waals surface area contributed by atoms with Gasteiger partial charge in [0, 0.05) is 6.61 Å². The summed E-state index contributed by atoms with van der Waals surface area (Å²) in [5, 5.41) is 0. The van der Waals surface area contributed by atoms with Gasteiger partial charge in [0.15, 0.2) is 0 Å². The summed E-state index contributed by atoms with van der Waals surface area (Å²) in [6, 6.07) is 0. The fourth-order valence-corrected chi connectivity index (χ4v) is 3.12. The van der Waals surface area contributed by atoms with Crippen LogP contribution in [0, 0.1) is 0 Å². The highest BCUT2D eigenvalue weighted by Crippen LogP contribution is 2.50. The van der Waals surface area contributed by atoms with Crippen LogP contribution in [0.5, 0.6) is 0 Å². The number of hydrogen-bond donors (Lipinski definition) is 1. The standard InChI is InChI=1S/C6H15OPS2.H3N/c1-4-6(3)8(9,10)7-5-2;/h6H,4-5H2,1-3H3,(H,9,10);1H3. The number of rotatable bonds is 4. The fourth-order valence-electron chi connectivity index (χ4n) is 0.531. The average Bonchev–Trinajstić information content (AvgIpc) is 1.86. The Morgan fingerprint density at radius 2 is 2.00 bits per heavy atom. The van der Waals surface area contributed by atoms with Crippen LogP contribution in [0.2, 0.25) is 0 Å². The van der Waals surface area contributed by atoms with Gasteiger partial charge in [0.25, 0.3) is 0 Å². The minimum atomic E-state index is -1.87. The molecule has 0 aliphatic rings. The molecule has 0 aliphatic carbocycles. The lowest BCUT2D eigenvalue weighted by Crippen LogP contribution is -2.02. The first-order valence-corrected chi connectivity index (χ1v) is 7.30. The van der Waals surface area contributed by atoms with Gasteiger partial charge in [-0.1, -0.05) is 31.1 Å². The van der Waals surface area contributed by atoms with Crippen LogP contribution in [0.4, 0.5) is 0 Å². The smallest absolute Gasteiger partial charge is 0.0465 e. The molecule has 0 saturated heterocycles. The Balaban J connectivity index is 0. The van der Waals surface area contributed by atoms with Crippen LogP contribution in [0.1, 0.15) is 27.2 Å². The highest BCUT2D eigenvalue weighted by Gasteiger charge is 2.08. The molecule has 0 aliphatic heterocycles. The molecule has 2 nitrogen and oxygen atoms in total. The molecule has 0 aromatic rings. The van der Waals surface area contributed by atoms with Crippen LogP contribution in [0.25, 0.3) is 0 Å². The van der Waals surface area contributed by atoms with E-state index in [9.17, 15) is 0 Å². The van der Waals surface area contributed by atoms with E-state index in [1.54, 1.807) is 0 Å². The number of quaternary nitrogens is 1. The van der Waals surface area contributed by atoms with Crippen LogP contribution >= 0.6 is 5.47 Å². The molecule has 0 radical (unpaired) electrons. The van der Waals surface area contributed by atoms with E-state index < -0.39 is 5.47 Å². The Kier molecular flexibility index (Phi) is 8.45. The second kappa shape index (κ2) is 6.44. The summed E-state index contributed by atoms with van der Waals surface area (Å²) in [7, 11) is 0. The quantitative estimate of drug-likeness (QED) is 0.579. The molecule has 5 heteroatoms. The fraction of sp³-hybridized carbons (Fsp3) is 1.00. The maximum absolute atomic E-state index is 5.32. The lowest BCUT2D eigenvalue weighted by molar-refractivity contribution is 0.380.